The molecule has 0 spiro atoms. The molecule has 2 aromatic rings. The summed E-state index contributed by atoms with van der Waals surface area (Å²) in [4.78, 5) is 22.6. The number of pyridine rings is 1. The molecule has 0 bridgehead atoms. The Balaban J connectivity index is 1.72. The molecule has 2 aromatic carbocycles. The summed E-state index contributed by atoms with van der Waals surface area (Å²) in [5, 5.41) is 10.8. The van der Waals surface area contributed by atoms with Crippen LogP contribution < -0.4 is 5.63 Å². The number of aromatic nitrogens is 1. The van der Waals surface area contributed by atoms with Crippen molar-refractivity contribution >= 4 is 5.69 Å². The summed E-state index contributed by atoms with van der Waals surface area (Å²) in [6.45, 7) is 0.665. The van der Waals surface area contributed by atoms with Crippen molar-refractivity contribution in [2.45, 2.75) is 6.54 Å². The number of nitro groups is 1. The lowest BCUT2D eigenvalue weighted by Crippen LogP contribution is -2.00. The SMILES string of the molecule is O=c1oc2cn(Cc3ccccc3)ccc-2c1-c1ccc([N+](=O)[O-])cc1. The van der Waals surface area contributed by atoms with E-state index in [2.05, 4.69) is 0 Å². The summed E-state index contributed by atoms with van der Waals surface area (Å²) >= 11 is 0. The van der Waals surface area contributed by atoms with Crippen LogP contribution >= 0.6 is 0 Å². The van der Waals surface area contributed by atoms with Crippen LogP contribution in [0.15, 0.2) is 82.3 Å². The van der Waals surface area contributed by atoms with E-state index in [-0.39, 0.29) is 5.69 Å². The van der Waals surface area contributed by atoms with Crippen LogP contribution in [0.5, 0.6) is 0 Å². The van der Waals surface area contributed by atoms with E-state index in [1.807, 2.05) is 47.2 Å². The van der Waals surface area contributed by atoms with E-state index in [1.54, 1.807) is 18.3 Å². The van der Waals surface area contributed by atoms with Crippen LogP contribution in [-0.2, 0) is 6.54 Å². The second kappa shape index (κ2) is 6.33. The lowest BCUT2D eigenvalue weighted by Gasteiger charge is -2.09. The van der Waals surface area contributed by atoms with Crippen molar-refractivity contribution in [2.24, 2.45) is 0 Å². The molecular formula is C20H14N2O4. The van der Waals surface area contributed by atoms with Crippen molar-refractivity contribution in [3.05, 3.63) is 99.2 Å². The van der Waals surface area contributed by atoms with Gasteiger partial charge in [-0.1, -0.05) is 30.3 Å². The first-order chi connectivity index (χ1) is 12.6. The summed E-state index contributed by atoms with van der Waals surface area (Å²) in [5.74, 6) is 0.488. The zero-order chi connectivity index (χ0) is 18.1. The molecule has 2 aliphatic rings. The van der Waals surface area contributed by atoms with Crippen molar-refractivity contribution in [3.8, 4) is 22.5 Å². The number of hydrogen-bond acceptors (Lipinski definition) is 4. The summed E-state index contributed by atoms with van der Waals surface area (Å²) < 4.78 is 7.34. The number of benzene rings is 2. The van der Waals surface area contributed by atoms with Gasteiger partial charge in [0.05, 0.1) is 10.5 Å². The lowest BCUT2D eigenvalue weighted by atomic mass is 10.0. The number of furan rings is 1. The molecule has 0 aliphatic carbocycles. The summed E-state index contributed by atoms with van der Waals surface area (Å²) in [7, 11) is 0. The maximum Gasteiger partial charge on any atom is 0.344 e. The van der Waals surface area contributed by atoms with Gasteiger partial charge < -0.3 is 8.98 Å². The second-order valence-corrected chi connectivity index (χ2v) is 5.95. The Labute approximate surface area is 148 Å². The van der Waals surface area contributed by atoms with Crippen LogP contribution in [0, 0.1) is 10.1 Å². The van der Waals surface area contributed by atoms with Crippen LogP contribution in [0.3, 0.4) is 0 Å². The van der Waals surface area contributed by atoms with Gasteiger partial charge in [0.2, 0.25) is 0 Å². The van der Waals surface area contributed by atoms with E-state index >= 15 is 0 Å². The molecule has 2 heterocycles. The van der Waals surface area contributed by atoms with E-state index in [0.29, 0.717) is 29.0 Å². The Morgan fingerprint density at radius 3 is 2.42 bits per heavy atom. The highest BCUT2D eigenvalue weighted by Gasteiger charge is 2.20. The Hall–Kier alpha value is -3.67. The number of fused-ring (bicyclic) bond motifs is 1. The molecule has 0 amide bonds. The van der Waals surface area contributed by atoms with Gasteiger partial charge in [-0.15, -0.1) is 0 Å². The average molecular weight is 346 g/mol. The number of nitrogens with zero attached hydrogens (tertiary/aromatic N) is 2. The van der Waals surface area contributed by atoms with E-state index < -0.39 is 10.5 Å². The fourth-order valence-electron chi connectivity index (χ4n) is 2.98. The van der Waals surface area contributed by atoms with E-state index in [9.17, 15) is 14.9 Å². The van der Waals surface area contributed by atoms with Crippen molar-refractivity contribution in [1.82, 2.24) is 4.57 Å². The number of hydrogen-bond donors (Lipinski definition) is 0. The zero-order valence-corrected chi connectivity index (χ0v) is 13.7. The summed E-state index contributed by atoms with van der Waals surface area (Å²) in [5.41, 5.74) is 2.37. The molecule has 0 fully saturated rings. The predicted molar refractivity (Wildman–Crippen MR) is 97.2 cm³/mol. The minimum atomic E-state index is -0.470. The Morgan fingerprint density at radius 2 is 1.73 bits per heavy atom. The van der Waals surface area contributed by atoms with Crippen molar-refractivity contribution in [2.75, 3.05) is 0 Å². The first-order valence-corrected chi connectivity index (χ1v) is 8.03. The molecule has 6 heteroatoms. The zero-order valence-electron chi connectivity index (χ0n) is 13.7. The minimum absolute atomic E-state index is 0.0188. The molecule has 128 valence electrons. The third kappa shape index (κ3) is 2.88. The largest absolute Gasteiger partial charge is 0.421 e. The smallest absolute Gasteiger partial charge is 0.344 e. The van der Waals surface area contributed by atoms with Crippen molar-refractivity contribution in [3.63, 3.8) is 0 Å². The topological polar surface area (TPSA) is 78.3 Å². The van der Waals surface area contributed by atoms with Gasteiger partial charge >= 0.3 is 5.63 Å². The third-order valence-electron chi connectivity index (χ3n) is 4.23. The van der Waals surface area contributed by atoms with E-state index in [0.717, 1.165) is 5.56 Å². The maximum absolute atomic E-state index is 12.3. The fraction of sp³-hybridized carbons (Fsp3) is 0.0500. The monoisotopic (exact) mass is 346 g/mol. The Bertz CT molecular complexity index is 1090. The molecule has 2 aliphatic heterocycles. The molecule has 0 saturated heterocycles. The van der Waals surface area contributed by atoms with Gasteiger partial charge in [-0.25, -0.2) is 4.79 Å². The minimum Gasteiger partial charge on any atom is -0.421 e. The molecule has 0 unspecified atom stereocenters. The molecular weight excluding hydrogens is 332 g/mol. The molecule has 4 rings (SSSR count). The number of rotatable bonds is 4. The van der Waals surface area contributed by atoms with Crippen LogP contribution in [0.2, 0.25) is 0 Å². The molecule has 0 radical (unpaired) electrons. The molecule has 0 N–H and O–H groups in total. The molecule has 26 heavy (non-hydrogen) atoms. The maximum atomic E-state index is 12.3. The highest BCUT2D eigenvalue weighted by Crippen LogP contribution is 2.32. The van der Waals surface area contributed by atoms with Gasteiger partial charge in [0, 0.05) is 36.6 Å². The van der Waals surface area contributed by atoms with Crippen LogP contribution in [0.1, 0.15) is 5.56 Å². The quantitative estimate of drug-likeness (QED) is 0.410. The predicted octanol–water partition coefficient (Wildman–Crippen LogP) is 4.17. The Morgan fingerprint density at radius 1 is 1.00 bits per heavy atom. The van der Waals surface area contributed by atoms with Crippen LogP contribution in [0.4, 0.5) is 5.69 Å². The Kier molecular flexibility index (Phi) is 3.85. The first kappa shape index (κ1) is 15.8. The summed E-state index contributed by atoms with van der Waals surface area (Å²) in [6, 6.07) is 17.7. The first-order valence-electron chi connectivity index (χ1n) is 8.03. The van der Waals surface area contributed by atoms with Gasteiger partial charge in [0.15, 0.2) is 5.76 Å². The van der Waals surface area contributed by atoms with E-state index in [1.165, 1.54) is 12.1 Å². The average Bonchev–Trinajstić information content (AvgIpc) is 2.97. The molecule has 0 saturated carbocycles. The molecule has 0 aromatic heterocycles. The van der Waals surface area contributed by atoms with Gasteiger partial charge in [0.25, 0.3) is 5.69 Å². The second-order valence-electron chi connectivity index (χ2n) is 5.95. The normalized spacial score (nSPS) is 10.9. The lowest BCUT2D eigenvalue weighted by molar-refractivity contribution is -0.384. The van der Waals surface area contributed by atoms with Gasteiger partial charge in [-0.2, -0.15) is 0 Å². The van der Waals surface area contributed by atoms with Crippen molar-refractivity contribution < 1.29 is 9.34 Å². The fourth-order valence-corrected chi connectivity index (χ4v) is 2.98. The van der Waals surface area contributed by atoms with Crippen LogP contribution in [-0.4, -0.2) is 9.49 Å². The van der Waals surface area contributed by atoms with Gasteiger partial charge in [-0.3, -0.25) is 10.1 Å². The highest BCUT2D eigenvalue weighted by molar-refractivity contribution is 5.81. The summed E-state index contributed by atoms with van der Waals surface area (Å²) in [6.07, 6.45) is 3.68. The van der Waals surface area contributed by atoms with Gasteiger partial charge in [0.1, 0.15) is 0 Å². The highest BCUT2D eigenvalue weighted by atomic mass is 16.6. The van der Waals surface area contributed by atoms with Crippen molar-refractivity contribution in [1.29, 1.82) is 0 Å². The molecule has 6 nitrogen and oxygen atoms in total. The van der Waals surface area contributed by atoms with Gasteiger partial charge in [-0.05, 0) is 29.3 Å². The standard InChI is InChI=1S/C20H14N2O4/c23-20-19(15-6-8-16(9-7-15)22(24)25)17-10-11-21(13-18(17)26-20)12-14-4-2-1-3-5-14/h1-11,13H,12H2. The number of non-ortho nitro benzene ring substituents is 1. The third-order valence-corrected chi connectivity index (χ3v) is 4.23. The number of nitro benzene ring substituents is 1. The molecule has 0 atom stereocenters. The van der Waals surface area contributed by atoms with E-state index in [4.69, 9.17) is 4.42 Å². The van der Waals surface area contributed by atoms with Crippen LogP contribution in [0.25, 0.3) is 22.5 Å².